The summed E-state index contributed by atoms with van der Waals surface area (Å²) >= 11 is 0. The molecule has 1 aliphatic heterocycles. The van der Waals surface area contributed by atoms with E-state index in [1.807, 2.05) is 30.3 Å². The minimum atomic E-state index is 0. The van der Waals surface area contributed by atoms with E-state index in [0.717, 1.165) is 17.9 Å². The Hall–Kier alpha value is -1.76. The number of hydrogen-bond acceptors (Lipinski definition) is 2. The highest BCUT2D eigenvalue weighted by Gasteiger charge is 2.21. The van der Waals surface area contributed by atoms with Crippen LogP contribution in [0.3, 0.4) is 0 Å². The number of nitrogens with two attached hydrogens (primary N) is 1. The number of benzene rings is 2. The third-order valence-corrected chi connectivity index (χ3v) is 4.00. The molecule has 0 aromatic heterocycles. The van der Waals surface area contributed by atoms with Crippen molar-refractivity contribution in [1.82, 2.24) is 0 Å². The molecular weight excluding hydrogens is 413 g/mol. The highest BCUT2D eigenvalue weighted by molar-refractivity contribution is 14.0. The second kappa shape index (κ2) is 8.37. The van der Waals surface area contributed by atoms with Gasteiger partial charge in [0.15, 0.2) is 5.96 Å². The van der Waals surface area contributed by atoms with Crippen molar-refractivity contribution in [3.05, 3.63) is 59.7 Å². The van der Waals surface area contributed by atoms with Gasteiger partial charge in [-0.1, -0.05) is 44.2 Å². The second-order valence-electron chi connectivity index (χ2n) is 6.18. The zero-order valence-corrected chi connectivity index (χ0v) is 16.4. The number of aliphatic imine (C=N–C) groups is 1. The number of nitrogens with zero attached hydrogens (tertiary/aromatic N) is 1. The summed E-state index contributed by atoms with van der Waals surface area (Å²) in [7, 11) is 0. The largest absolute Gasteiger partial charge is 0.488 e. The number of nitrogens with one attached hydrogen (secondary N) is 1. The summed E-state index contributed by atoms with van der Waals surface area (Å²) in [6, 6.07) is 16.4. The number of para-hydroxylation sites is 1. The molecule has 1 aliphatic rings. The van der Waals surface area contributed by atoms with Crippen LogP contribution >= 0.6 is 24.0 Å². The van der Waals surface area contributed by atoms with E-state index in [0.29, 0.717) is 18.4 Å². The van der Waals surface area contributed by atoms with E-state index in [1.54, 1.807) is 0 Å². The molecule has 0 spiro atoms. The van der Waals surface area contributed by atoms with Crippen molar-refractivity contribution in [2.24, 2.45) is 10.7 Å². The Labute approximate surface area is 160 Å². The van der Waals surface area contributed by atoms with Gasteiger partial charge in [-0.25, -0.2) is 4.99 Å². The number of guanidine groups is 1. The van der Waals surface area contributed by atoms with Crippen LogP contribution in [0.2, 0.25) is 0 Å². The maximum Gasteiger partial charge on any atom is 0.193 e. The standard InChI is InChI=1S/C19H23N3O.HI/c1-13(2)14-7-5-8-16(10-14)22-19(20)21-12-17-11-15-6-3-4-9-18(15)23-17;/h3-10,13,17H,11-12H2,1-2H3,(H3,20,21,22);1H. The maximum atomic E-state index is 6.00. The number of rotatable bonds is 4. The molecule has 0 radical (unpaired) electrons. The predicted molar refractivity (Wildman–Crippen MR) is 111 cm³/mol. The first-order chi connectivity index (χ1) is 11.1. The van der Waals surface area contributed by atoms with Crippen LogP contribution in [0.1, 0.15) is 30.9 Å². The van der Waals surface area contributed by atoms with Crippen molar-refractivity contribution >= 4 is 35.6 Å². The first-order valence-corrected chi connectivity index (χ1v) is 8.03. The third kappa shape index (κ3) is 4.63. The maximum absolute atomic E-state index is 6.00. The lowest BCUT2D eigenvalue weighted by molar-refractivity contribution is 0.242. The smallest absolute Gasteiger partial charge is 0.193 e. The van der Waals surface area contributed by atoms with Gasteiger partial charge in [0.05, 0.1) is 6.54 Å². The molecule has 0 amide bonds. The molecule has 128 valence electrons. The number of hydrogen-bond donors (Lipinski definition) is 2. The average molecular weight is 437 g/mol. The molecule has 1 unspecified atom stereocenters. The Morgan fingerprint density at radius 1 is 1.25 bits per heavy atom. The summed E-state index contributed by atoms with van der Waals surface area (Å²) in [5.74, 6) is 1.87. The first-order valence-electron chi connectivity index (χ1n) is 8.03. The molecule has 2 aromatic carbocycles. The summed E-state index contributed by atoms with van der Waals surface area (Å²) in [6.07, 6.45) is 0.949. The predicted octanol–water partition coefficient (Wildman–Crippen LogP) is 4.16. The summed E-state index contributed by atoms with van der Waals surface area (Å²) in [4.78, 5) is 4.42. The van der Waals surface area contributed by atoms with Gasteiger partial charge in [0.2, 0.25) is 0 Å². The molecule has 0 saturated carbocycles. The van der Waals surface area contributed by atoms with Gasteiger partial charge in [-0.2, -0.15) is 0 Å². The lowest BCUT2D eigenvalue weighted by Gasteiger charge is -2.11. The Balaban J connectivity index is 0.00000208. The van der Waals surface area contributed by atoms with Gasteiger partial charge >= 0.3 is 0 Å². The average Bonchev–Trinajstić information content (AvgIpc) is 2.96. The molecule has 1 atom stereocenters. The van der Waals surface area contributed by atoms with Crippen molar-refractivity contribution in [2.75, 3.05) is 11.9 Å². The van der Waals surface area contributed by atoms with Crippen LogP contribution in [0.4, 0.5) is 5.69 Å². The van der Waals surface area contributed by atoms with E-state index >= 15 is 0 Å². The monoisotopic (exact) mass is 437 g/mol. The van der Waals surface area contributed by atoms with E-state index in [1.165, 1.54) is 11.1 Å². The van der Waals surface area contributed by atoms with Crippen molar-refractivity contribution in [1.29, 1.82) is 0 Å². The van der Waals surface area contributed by atoms with Gasteiger partial charge in [0, 0.05) is 12.1 Å². The van der Waals surface area contributed by atoms with Gasteiger partial charge in [0.1, 0.15) is 11.9 Å². The fourth-order valence-corrected chi connectivity index (χ4v) is 2.72. The molecule has 2 aromatic rings. The van der Waals surface area contributed by atoms with Crippen LogP contribution in [0.5, 0.6) is 5.75 Å². The quantitative estimate of drug-likeness (QED) is 0.429. The number of halogens is 1. The van der Waals surface area contributed by atoms with Crippen LogP contribution in [-0.4, -0.2) is 18.6 Å². The first kappa shape index (κ1) is 18.6. The number of fused-ring (bicyclic) bond motifs is 1. The fraction of sp³-hybridized carbons (Fsp3) is 0.316. The summed E-state index contributed by atoms with van der Waals surface area (Å²) in [5, 5.41) is 3.15. The van der Waals surface area contributed by atoms with Gasteiger partial charge in [-0.05, 0) is 35.2 Å². The molecule has 4 nitrogen and oxygen atoms in total. The summed E-state index contributed by atoms with van der Waals surface area (Å²) in [6.45, 7) is 4.90. The minimum Gasteiger partial charge on any atom is -0.488 e. The normalized spacial score (nSPS) is 16.3. The Bertz CT molecular complexity index is 690. The molecule has 1 heterocycles. The van der Waals surface area contributed by atoms with Crippen molar-refractivity contribution in [3.63, 3.8) is 0 Å². The van der Waals surface area contributed by atoms with Crippen molar-refractivity contribution in [2.45, 2.75) is 32.3 Å². The Morgan fingerprint density at radius 2 is 2.04 bits per heavy atom. The van der Waals surface area contributed by atoms with Gasteiger partial charge < -0.3 is 15.8 Å². The summed E-state index contributed by atoms with van der Waals surface area (Å²) in [5.41, 5.74) is 9.48. The lowest BCUT2D eigenvalue weighted by Crippen LogP contribution is -2.26. The molecule has 0 aliphatic carbocycles. The molecule has 3 rings (SSSR count). The van der Waals surface area contributed by atoms with Crippen LogP contribution < -0.4 is 15.8 Å². The van der Waals surface area contributed by atoms with Gasteiger partial charge in [-0.3, -0.25) is 0 Å². The van der Waals surface area contributed by atoms with Crippen LogP contribution in [0, 0.1) is 0 Å². The summed E-state index contributed by atoms with van der Waals surface area (Å²) < 4.78 is 5.87. The van der Waals surface area contributed by atoms with E-state index in [4.69, 9.17) is 10.5 Å². The zero-order valence-electron chi connectivity index (χ0n) is 14.0. The molecule has 5 heteroatoms. The van der Waals surface area contributed by atoms with Gasteiger partial charge in [-0.15, -0.1) is 24.0 Å². The van der Waals surface area contributed by atoms with Gasteiger partial charge in [0.25, 0.3) is 0 Å². The Kier molecular flexibility index (Phi) is 6.48. The van der Waals surface area contributed by atoms with Crippen LogP contribution in [-0.2, 0) is 6.42 Å². The SMILES string of the molecule is CC(C)c1cccc(NC(N)=NCC2Cc3ccccc3O2)c1.I. The van der Waals surface area contributed by atoms with E-state index in [-0.39, 0.29) is 30.1 Å². The number of ether oxygens (including phenoxy) is 1. The van der Waals surface area contributed by atoms with E-state index in [9.17, 15) is 0 Å². The van der Waals surface area contributed by atoms with E-state index in [2.05, 4.69) is 42.4 Å². The fourth-order valence-electron chi connectivity index (χ4n) is 2.72. The van der Waals surface area contributed by atoms with Crippen LogP contribution in [0.25, 0.3) is 0 Å². The van der Waals surface area contributed by atoms with Crippen molar-refractivity contribution in [3.8, 4) is 5.75 Å². The molecule has 0 bridgehead atoms. The number of anilines is 1. The topological polar surface area (TPSA) is 59.6 Å². The highest BCUT2D eigenvalue weighted by atomic mass is 127. The third-order valence-electron chi connectivity index (χ3n) is 4.00. The second-order valence-corrected chi connectivity index (χ2v) is 6.18. The minimum absolute atomic E-state index is 0. The molecule has 3 N–H and O–H groups in total. The lowest BCUT2D eigenvalue weighted by atomic mass is 10.0. The molecule has 24 heavy (non-hydrogen) atoms. The van der Waals surface area contributed by atoms with Crippen LogP contribution in [0.15, 0.2) is 53.5 Å². The van der Waals surface area contributed by atoms with E-state index < -0.39 is 0 Å². The zero-order chi connectivity index (χ0) is 16.2. The molecular formula is C19H24IN3O. The molecule has 0 fully saturated rings. The molecule has 0 saturated heterocycles. The van der Waals surface area contributed by atoms with Crippen molar-refractivity contribution < 1.29 is 4.74 Å². The Morgan fingerprint density at radius 3 is 2.79 bits per heavy atom. The highest BCUT2D eigenvalue weighted by Crippen LogP contribution is 2.28.